The highest BCUT2D eigenvalue weighted by Crippen LogP contribution is 2.24. The van der Waals surface area contributed by atoms with Crippen molar-refractivity contribution in [1.29, 1.82) is 0 Å². The van der Waals surface area contributed by atoms with Crippen molar-refractivity contribution in [2.45, 2.75) is 13.3 Å². The second-order valence-electron chi connectivity index (χ2n) is 2.78. The van der Waals surface area contributed by atoms with E-state index >= 15 is 0 Å². The van der Waals surface area contributed by atoms with Crippen molar-refractivity contribution in [2.24, 2.45) is 0 Å². The standard InChI is InChI=1S/C9H8F2INO2/c1-4-5(9(14)15-2)3-6(12)7(13-4)8(10)11/h3,8H,1-2H3. The molecule has 0 fully saturated rings. The van der Waals surface area contributed by atoms with Crippen LogP contribution in [0, 0.1) is 10.5 Å². The van der Waals surface area contributed by atoms with E-state index in [0.29, 0.717) is 0 Å². The molecule has 1 aromatic heterocycles. The summed E-state index contributed by atoms with van der Waals surface area (Å²) in [7, 11) is 1.23. The quantitative estimate of drug-likeness (QED) is 0.619. The van der Waals surface area contributed by atoms with E-state index in [4.69, 9.17) is 0 Å². The predicted octanol–water partition coefficient (Wildman–Crippen LogP) is 2.72. The molecule has 1 rings (SSSR count). The highest BCUT2D eigenvalue weighted by molar-refractivity contribution is 14.1. The van der Waals surface area contributed by atoms with Gasteiger partial charge in [-0.2, -0.15) is 0 Å². The Hall–Kier alpha value is -0.790. The third kappa shape index (κ3) is 2.61. The van der Waals surface area contributed by atoms with E-state index in [1.807, 2.05) is 0 Å². The maximum atomic E-state index is 12.4. The number of ether oxygens (including phenoxy) is 1. The lowest BCUT2D eigenvalue weighted by Gasteiger charge is -2.07. The third-order valence-corrected chi connectivity index (χ3v) is 2.67. The molecular weight excluding hydrogens is 319 g/mol. The summed E-state index contributed by atoms with van der Waals surface area (Å²) in [5.74, 6) is -0.571. The monoisotopic (exact) mass is 327 g/mol. The SMILES string of the molecule is COC(=O)c1cc(I)c(C(F)F)nc1C. The first kappa shape index (κ1) is 12.3. The van der Waals surface area contributed by atoms with Crippen molar-refractivity contribution in [3.63, 3.8) is 0 Å². The van der Waals surface area contributed by atoms with E-state index in [1.165, 1.54) is 20.1 Å². The van der Waals surface area contributed by atoms with Crippen molar-refractivity contribution in [1.82, 2.24) is 4.98 Å². The highest BCUT2D eigenvalue weighted by Gasteiger charge is 2.18. The van der Waals surface area contributed by atoms with Crippen LogP contribution >= 0.6 is 22.6 Å². The minimum Gasteiger partial charge on any atom is -0.465 e. The molecule has 0 radical (unpaired) electrons. The van der Waals surface area contributed by atoms with Gasteiger partial charge in [0, 0.05) is 3.57 Å². The fourth-order valence-electron chi connectivity index (χ4n) is 1.07. The largest absolute Gasteiger partial charge is 0.465 e. The third-order valence-electron chi connectivity index (χ3n) is 1.81. The van der Waals surface area contributed by atoms with Crippen LogP contribution in [0.4, 0.5) is 8.78 Å². The Balaban J connectivity index is 3.25. The summed E-state index contributed by atoms with van der Waals surface area (Å²) in [6, 6.07) is 1.36. The van der Waals surface area contributed by atoms with E-state index in [0.717, 1.165) is 0 Å². The molecule has 0 saturated heterocycles. The van der Waals surface area contributed by atoms with Crippen LogP contribution in [0.25, 0.3) is 0 Å². The zero-order valence-corrected chi connectivity index (χ0v) is 10.2. The number of alkyl halides is 2. The summed E-state index contributed by atoms with van der Waals surface area (Å²) in [5, 5.41) is 0. The predicted molar refractivity (Wildman–Crippen MR) is 58.0 cm³/mol. The molecule has 0 atom stereocenters. The number of carbonyl (C=O) groups is 1. The van der Waals surface area contributed by atoms with Gasteiger partial charge in [0.1, 0.15) is 5.69 Å². The molecule has 0 spiro atoms. The topological polar surface area (TPSA) is 39.2 Å². The summed E-state index contributed by atoms with van der Waals surface area (Å²) < 4.78 is 29.6. The number of carbonyl (C=O) groups excluding carboxylic acids is 1. The van der Waals surface area contributed by atoms with Crippen molar-refractivity contribution < 1.29 is 18.3 Å². The Labute approximate surface area is 99.0 Å². The van der Waals surface area contributed by atoms with Crippen molar-refractivity contribution in [3.05, 3.63) is 26.6 Å². The molecule has 0 N–H and O–H groups in total. The Morgan fingerprint density at radius 1 is 1.60 bits per heavy atom. The number of halogens is 3. The molecule has 3 nitrogen and oxygen atoms in total. The fourth-order valence-corrected chi connectivity index (χ4v) is 1.74. The highest BCUT2D eigenvalue weighted by atomic mass is 127. The molecule has 0 unspecified atom stereocenters. The first-order valence-corrected chi connectivity index (χ1v) is 5.08. The first-order chi connectivity index (χ1) is 6.97. The molecular formula is C9H8F2INO2. The van der Waals surface area contributed by atoms with E-state index < -0.39 is 12.4 Å². The Kier molecular flexibility index (Phi) is 3.95. The van der Waals surface area contributed by atoms with Gasteiger partial charge in [0.2, 0.25) is 0 Å². The molecule has 0 saturated carbocycles. The number of rotatable bonds is 2. The van der Waals surface area contributed by atoms with Gasteiger partial charge in [-0.25, -0.2) is 13.6 Å². The van der Waals surface area contributed by atoms with E-state index in [1.54, 1.807) is 22.6 Å². The molecule has 6 heteroatoms. The van der Waals surface area contributed by atoms with Crippen LogP contribution in [0.2, 0.25) is 0 Å². The van der Waals surface area contributed by atoms with Crippen LogP contribution in [0.1, 0.15) is 28.2 Å². The van der Waals surface area contributed by atoms with Crippen LogP contribution < -0.4 is 0 Å². The smallest absolute Gasteiger partial charge is 0.339 e. The maximum absolute atomic E-state index is 12.4. The molecule has 0 aromatic carbocycles. The van der Waals surface area contributed by atoms with Crippen LogP contribution in [0.15, 0.2) is 6.07 Å². The summed E-state index contributed by atoms with van der Waals surface area (Å²) in [6.45, 7) is 1.49. The van der Waals surface area contributed by atoms with Gasteiger partial charge in [0.25, 0.3) is 6.43 Å². The van der Waals surface area contributed by atoms with Gasteiger partial charge < -0.3 is 4.74 Å². The second kappa shape index (κ2) is 4.82. The van der Waals surface area contributed by atoms with Gasteiger partial charge in [-0.15, -0.1) is 0 Å². The van der Waals surface area contributed by atoms with Gasteiger partial charge in [-0.1, -0.05) is 0 Å². The summed E-state index contributed by atoms with van der Waals surface area (Å²) in [5.41, 5.74) is 0.157. The normalized spacial score (nSPS) is 10.5. The Morgan fingerprint density at radius 2 is 2.20 bits per heavy atom. The first-order valence-electron chi connectivity index (χ1n) is 4.01. The molecule has 0 aliphatic rings. The number of aryl methyl sites for hydroxylation is 1. The van der Waals surface area contributed by atoms with Gasteiger partial charge in [0.05, 0.1) is 18.4 Å². The molecule has 0 amide bonds. The molecule has 0 bridgehead atoms. The Morgan fingerprint density at radius 3 is 2.67 bits per heavy atom. The fraction of sp³-hybridized carbons (Fsp3) is 0.333. The average Bonchev–Trinajstić information content (AvgIpc) is 2.19. The minimum absolute atomic E-state index is 0.214. The molecule has 1 aromatic rings. The number of nitrogens with zero attached hydrogens (tertiary/aromatic N) is 1. The lowest BCUT2D eigenvalue weighted by atomic mass is 10.2. The van der Waals surface area contributed by atoms with E-state index in [-0.39, 0.29) is 20.5 Å². The van der Waals surface area contributed by atoms with E-state index in [2.05, 4.69) is 9.72 Å². The lowest BCUT2D eigenvalue weighted by Crippen LogP contribution is -2.08. The lowest BCUT2D eigenvalue weighted by molar-refractivity contribution is 0.0598. The molecule has 0 aliphatic heterocycles. The van der Waals surface area contributed by atoms with Crippen LogP contribution in [-0.4, -0.2) is 18.1 Å². The molecule has 0 aliphatic carbocycles. The molecule has 15 heavy (non-hydrogen) atoms. The number of hydrogen-bond donors (Lipinski definition) is 0. The number of hydrogen-bond acceptors (Lipinski definition) is 3. The van der Waals surface area contributed by atoms with Crippen molar-refractivity contribution in [2.75, 3.05) is 7.11 Å². The maximum Gasteiger partial charge on any atom is 0.339 e. The summed E-state index contributed by atoms with van der Waals surface area (Å²) in [6.07, 6.45) is -2.64. The van der Waals surface area contributed by atoms with E-state index in [9.17, 15) is 13.6 Å². The summed E-state index contributed by atoms with van der Waals surface area (Å²) in [4.78, 5) is 14.9. The number of esters is 1. The number of aromatic nitrogens is 1. The van der Waals surface area contributed by atoms with Crippen molar-refractivity contribution in [3.8, 4) is 0 Å². The summed E-state index contributed by atoms with van der Waals surface area (Å²) >= 11 is 1.72. The molecule has 82 valence electrons. The van der Waals surface area contributed by atoms with Crippen molar-refractivity contribution >= 4 is 28.6 Å². The zero-order valence-electron chi connectivity index (χ0n) is 8.05. The van der Waals surface area contributed by atoms with Gasteiger partial charge >= 0.3 is 5.97 Å². The average molecular weight is 327 g/mol. The molecule has 1 heterocycles. The van der Waals surface area contributed by atoms with Gasteiger partial charge in [-0.05, 0) is 35.6 Å². The number of methoxy groups -OCH3 is 1. The van der Waals surface area contributed by atoms with Gasteiger partial charge in [0.15, 0.2) is 0 Å². The second-order valence-corrected chi connectivity index (χ2v) is 3.94. The van der Waals surface area contributed by atoms with Crippen LogP contribution in [0.3, 0.4) is 0 Å². The van der Waals surface area contributed by atoms with Gasteiger partial charge in [-0.3, -0.25) is 4.98 Å². The minimum atomic E-state index is -2.64. The zero-order chi connectivity index (χ0) is 11.6. The number of pyridine rings is 1. The van der Waals surface area contributed by atoms with Crippen LogP contribution in [-0.2, 0) is 4.74 Å². The van der Waals surface area contributed by atoms with Crippen LogP contribution in [0.5, 0.6) is 0 Å². The Bertz CT molecular complexity index is 396.